The third-order valence-corrected chi connectivity index (χ3v) is 2.70. The average molecular weight is 236 g/mol. The fourth-order valence-electron chi connectivity index (χ4n) is 1.57. The van der Waals surface area contributed by atoms with E-state index in [-0.39, 0.29) is 0 Å². The SMILES string of the molecule is Cc1cc(Cl)ccc1CNCc1ncc[nH]1. The molecule has 2 rings (SSSR count). The summed E-state index contributed by atoms with van der Waals surface area (Å²) in [7, 11) is 0. The van der Waals surface area contributed by atoms with Gasteiger partial charge in [0.15, 0.2) is 0 Å². The lowest BCUT2D eigenvalue weighted by Crippen LogP contribution is -2.14. The Bertz CT molecular complexity index is 451. The van der Waals surface area contributed by atoms with Crippen molar-refractivity contribution in [2.24, 2.45) is 0 Å². The largest absolute Gasteiger partial charge is 0.348 e. The second-order valence-corrected chi connectivity index (χ2v) is 4.15. The van der Waals surface area contributed by atoms with Crippen LogP contribution in [0.5, 0.6) is 0 Å². The Morgan fingerprint density at radius 1 is 1.38 bits per heavy atom. The standard InChI is InChI=1S/C12H14ClN3/c1-9-6-11(13)3-2-10(9)7-14-8-12-15-4-5-16-12/h2-6,14H,7-8H2,1H3,(H,15,16). The number of H-pyrrole nitrogens is 1. The van der Waals surface area contributed by atoms with Gasteiger partial charge in [0, 0.05) is 24.0 Å². The van der Waals surface area contributed by atoms with Gasteiger partial charge in [0.25, 0.3) is 0 Å². The molecule has 1 aromatic heterocycles. The van der Waals surface area contributed by atoms with E-state index in [1.54, 1.807) is 6.20 Å². The van der Waals surface area contributed by atoms with Gasteiger partial charge in [0.05, 0.1) is 6.54 Å². The highest BCUT2D eigenvalue weighted by Crippen LogP contribution is 2.14. The maximum absolute atomic E-state index is 5.90. The van der Waals surface area contributed by atoms with Crippen LogP contribution in [0.3, 0.4) is 0 Å². The molecular weight excluding hydrogens is 222 g/mol. The molecule has 0 aliphatic heterocycles. The Morgan fingerprint density at radius 2 is 2.25 bits per heavy atom. The topological polar surface area (TPSA) is 40.7 Å². The molecule has 3 nitrogen and oxygen atoms in total. The quantitative estimate of drug-likeness (QED) is 0.856. The molecule has 0 aliphatic carbocycles. The minimum Gasteiger partial charge on any atom is -0.348 e. The molecule has 0 bridgehead atoms. The minimum atomic E-state index is 0.745. The lowest BCUT2D eigenvalue weighted by Gasteiger charge is -2.07. The molecule has 0 aliphatic rings. The Kier molecular flexibility index (Phi) is 3.59. The highest BCUT2D eigenvalue weighted by atomic mass is 35.5. The lowest BCUT2D eigenvalue weighted by molar-refractivity contribution is 0.666. The second kappa shape index (κ2) is 5.14. The first-order valence-corrected chi connectivity index (χ1v) is 5.57. The van der Waals surface area contributed by atoms with Crippen LogP contribution >= 0.6 is 11.6 Å². The Balaban J connectivity index is 1.90. The number of imidazole rings is 1. The summed E-state index contributed by atoms with van der Waals surface area (Å²) in [5.74, 6) is 0.951. The summed E-state index contributed by atoms with van der Waals surface area (Å²) in [6, 6.07) is 5.94. The molecule has 4 heteroatoms. The zero-order valence-corrected chi connectivity index (χ0v) is 9.88. The van der Waals surface area contributed by atoms with E-state index < -0.39 is 0 Å². The summed E-state index contributed by atoms with van der Waals surface area (Å²) in [5.41, 5.74) is 2.47. The van der Waals surface area contributed by atoms with Gasteiger partial charge in [-0.3, -0.25) is 0 Å². The van der Waals surface area contributed by atoms with E-state index in [4.69, 9.17) is 11.6 Å². The molecule has 1 heterocycles. The van der Waals surface area contributed by atoms with Crippen LogP contribution in [0.15, 0.2) is 30.6 Å². The average Bonchev–Trinajstić information content (AvgIpc) is 2.74. The smallest absolute Gasteiger partial charge is 0.120 e. The van der Waals surface area contributed by atoms with Crippen molar-refractivity contribution >= 4 is 11.6 Å². The maximum Gasteiger partial charge on any atom is 0.120 e. The summed E-state index contributed by atoms with van der Waals surface area (Å²) in [4.78, 5) is 7.20. The number of aryl methyl sites for hydroxylation is 1. The number of aromatic nitrogens is 2. The maximum atomic E-state index is 5.90. The highest BCUT2D eigenvalue weighted by molar-refractivity contribution is 6.30. The van der Waals surface area contributed by atoms with Crippen LogP contribution in [0.25, 0.3) is 0 Å². The zero-order chi connectivity index (χ0) is 11.4. The van der Waals surface area contributed by atoms with Crippen LogP contribution in [-0.2, 0) is 13.1 Å². The number of hydrogen-bond acceptors (Lipinski definition) is 2. The first-order chi connectivity index (χ1) is 7.75. The van der Waals surface area contributed by atoms with Crippen LogP contribution in [0.1, 0.15) is 17.0 Å². The molecule has 0 saturated carbocycles. The molecule has 84 valence electrons. The van der Waals surface area contributed by atoms with Gasteiger partial charge in [-0.2, -0.15) is 0 Å². The van der Waals surface area contributed by atoms with Gasteiger partial charge in [-0.1, -0.05) is 17.7 Å². The van der Waals surface area contributed by atoms with Crippen molar-refractivity contribution in [2.75, 3.05) is 0 Å². The number of halogens is 1. The molecule has 0 unspecified atom stereocenters. The normalized spacial score (nSPS) is 10.6. The van der Waals surface area contributed by atoms with Gasteiger partial charge >= 0.3 is 0 Å². The Labute approximate surface area is 99.9 Å². The number of rotatable bonds is 4. The number of nitrogens with zero attached hydrogens (tertiary/aromatic N) is 1. The summed E-state index contributed by atoms with van der Waals surface area (Å²) in [6.45, 7) is 3.63. The summed E-state index contributed by atoms with van der Waals surface area (Å²) in [6.07, 6.45) is 3.58. The molecule has 2 N–H and O–H groups in total. The zero-order valence-electron chi connectivity index (χ0n) is 9.13. The fourth-order valence-corrected chi connectivity index (χ4v) is 1.79. The van der Waals surface area contributed by atoms with E-state index >= 15 is 0 Å². The Hall–Kier alpha value is -1.32. The first kappa shape index (κ1) is 11.2. The number of aromatic amines is 1. The van der Waals surface area contributed by atoms with Crippen LogP contribution < -0.4 is 5.32 Å². The van der Waals surface area contributed by atoms with Crippen molar-refractivity contribution in [3.63, 3.8) is 0 Å². The fraction of sp³-hybridized carbons (Fsp3) is 0.250. The first-order valence-electron chi connectivity index (χ1n) is 5.20. The van der Waals surface area contributed by atoms with Crippen LogP contribution in [0, 0.1) is 6.92 Å². The summed E-state index contributed by atoms with van der Waals surface area (Å²) < 4.78 is 0. The van der Waals surface area contributed by atoms with Gasteiger partial charge in [-0.05, 0) is 30.2 Å². The lowest BCUT2D eigenvalue weighted by atomic mass is 10.1. The van der Waals surface area contributed by atoms with E-state index in [0.717, 1.165) is 23.9 Å². The van der Waals surface area contributed by atoms with Gasteiger partial charge < -0.3 is 10.3 Å². The van der Waals surface area contributed by atoms with Crippen LogP contribution in [0.2, 0.25) is 5.02 Å². The van der Waals surface area contributed by atoms with Crippen molar-refractivity contribution in [3.8, 4) is 0 Å². The predicted molar refractivity (Wildman–Crippen MR) is 65.3 cm³/mol. The van der Waals surface area contributed by atoms with Gasteiger partial charge in [-0.25, -0.2) is 4.98 Å². The molecule has 0 amide bonds. The van der Waals surface area contributed by atoms with Crippen molar-refractivity contribution in [1.29, 1.82) is 0 Å². The second-order valence-electron chi connectivity index (χ2n) is 3.71. The molecule has 1 aromatic carbocycles. The highest BCUT2D eigenvalue weighted by Gasteiger charge is 1.99. The molecule has 0 atom stereocenters. The van der Waals surface area contributed by atoms with Gasteiger partial charge in [-0.15, -0.1) is 0 Å². The Morgan fingerprint density at radius 3 is 2.94 bits per heavy atom. The molecule has 2 aromatic rings. The van der Waals surface area contributed by atoms with Crippen LogP contribution in [0.4, 0.5) is 0 Å². The van der Waals surface area contributed by atoms with Crippen molar-refractivity contribution < 1.29 is 0 Å². The number of hydrogen-bond donors (Lipinski definition) is 2. The molecule has 0 radical (unpaired) electrons. The monoisotopic (exact) mass is 235 g/mol. The summed E-state index contributed by atoms with van der Waals surface area (Å²) in [5, 5.41) is 4.11. The summed E-state index contributed by atoms with van der Waals surface area (Å²) >= 11 is 5.90. The van der Waals surface area contributed by atoms with E-state index in [1.165, 1.54) is 11.1 Å². The minimum absolute atomic E-state index is 0.745. The van der Waals surface area contributed by atoms with Gasteiger partial charge in [0.2, 0.25) is 0 Å². The molecule has 0 fully saturated rings. The molecule has 16 heavy (non-hydrogen) atoms. The third kappa shape index (κ3) is 2.84. The van der Waals surface area contributed by atoms with Crippen molar-refractivity contribution in [2.45, 2.75) is 20.0 Å². The number of benzene rings is 1. The van der Waals surface area contributed by atoms with Gasteiger partial charge in [0.1, 0.15) is 5.82 Å². The van der Waals surface area contributed by atoms with E-state index in [1.807, 2.05) is 24.4 Å². The number of nitrogens with one attached hydrogen (secondary N) is 2. The molecule has 0 saturated heterocycles. The molecule has 0 spiro atoms. The van der Waals surface area contributed by atoms with E-state index in [9.17, 15) is 0 Å². The third-order valence-electron chi connectivity index (χ3n) is 2.47. The predicted octanol–water partition coefficient (Wildman–Crippen LogP) is 2.66. The van der Waals surface area contributed by atoms with Crippen molar-refractivity contribution in [3.05, 3.63) is 52.6 Å². The van der Waals surface area contributed by atoms with E-state index in [2.05, 4.69) is 22.2 Å². The van der Waals surface area contributed by atoms with Crippen LogP contribution in [-0.4, -0.2) is 9.97 Å². The molecular formula is C12H14ClN3. The van der Waals surface area contributed by atoms with E-state index in [0.29, 0.717) is 0 Å². The van der Waals surface area contributed by atoms with Crippen molar-refractivity contribution in [1.82, 2.24) is 15.3 Å².